The van der Waals surface area contributed by atoms with Crippen LogP contribution in [0.5, 0.6) is 0 Å². The van der Waals surface area contributed by atoms with Crippen molar-refractivity contribution in [1.82, 2.24) is 0 Å². The average molecular weight is 318 g/mol. The van der Waals surface area contributed by atoms with Crippen LogP contribution in [0, 0.1) is 0 Å². The van der Waals surface area contributed by atoms with Gasteiger partial charge in [-0.25, -0.2) is 9.59 Å². The fraction of sp³-hybridized carbons (Fsp3) is 0.778. The smallest absolute Gasteiger partial charge is 0.460 e. The van der Waals surface area contributed by atoms with Gasteiger partial charge < -0.3 is 14.2 Å². The molecule has 0 bridgehead atoms. The van der Waals surface area contributed by atoms with E-state index in [1.54, 1.807) is 0 Å². The lowest BCUT2D eigenvalue weighted by Gasteiger charge is -2.15. The molecule has 1 N–H and O–H groups in total. The van der Waals surface area contributed by atoms with Gasteiger partial charge in [-0.3, -0.25) is 4.55 Å². The van der Waals surface area contributed by atoms with E-state index < -0.39 is 45.8 Å². The van der Waals surface area contributed by atoms with Crippen molar-refractivity contribution in [2.45, 2.75) is 37.4 Å². The van der Waals surface area contributed by atoms with E-state index in [9.17, 15) is 26.8 Å². The van der Waals surface area contributed by atoms with E-state index in [-0.39, 0.29) is 6.42 Å². The van der Waals surface area contributed by atoms with Crippen molar-refractivity contribution >= 4 is 22.1 Å². The highest BCUT2D eigenvalue weighted by atomic mass is 32.2. The lowest BCUT2D eigenvalue weighted by Crippen LogP contribution is -2.39. The Bertz CT molecular complexity index is 512. The molecule has 0 amide bonds. The molecule has 1 rings (SSSR count). The Labute approximate surface area is 112 Å². The lowest BCUT2D eigenvalue weighted by molar-refractivity contribution is -0.163. The van der Waals surface area contributed by atoms with Gasteiger partial charge in [-0.1, -0.05) is 0 Å². The number of halogens is 2. The van der Waals surface area contributed by atoms with Crippen molar-refractivity contribution in [3.8, 4) is 0 Å². The number of carbonyl (C=O) groups excluding carboxylic acids is 2. The Balaban J connectivity index is 2.50. The Hall–Kier alpha value is -1.33. The van der Waals surface area contributed by atoms with E-state index in [4.69, 9.17) is 14.0 Å². The van der Waals surface area contributed by atoms with Gasteiger partial charge in [0.2, 0.25) is 5.79 Å². The van der Waals surface area contributed by atoms with Crippen LogP contribution in [-0.2, 0) is 33.9 Å². The molecule has 20 heavy (non-hydrogen) atoms. The molecule has 1 fully saturated rings. The SMILES string of the molecule is CC1(C)OC(=O)C(CCOC(=O)C(F)(F)S(=O)(=O)O)O1. The van der Waals surface area contributed by atoms with Gasteiger partial charge >= 0.3 is 27.3 Å². The molecule has 11 heteroatoms. The molecule has 0 aromatic carbocycles. The molecule has 8 nitrogen and oxygen atoms in total. The van der Waals surface area contributed by atoms with Crippen molar-refractivity contribution in [1.29, 1.82) is 0 Å². The third-order valence-corrected chi connectivity index (χ3v) is 3.02. The largest absolute Gasteiger partial charge is 0.465 e. The summed E-state index contributed by atoms with van der Waals surface area (Å²) in [6.45, 7) is 2.19. The van der Waals surface area contributed by atoms with Crippen LogP contribution in [0.1, 0.15) is 20.3 Å². The first-order valence-corrected chi connectivity index (χ1v) is 6.73. The maximum absolute atomic E-state index is 12.8. The molecule has 1 unspecified atom stereocenters. The molecule has 0 aromatic heterocycles. The summed E-state index contributed by atoms with van der Waals surface area (Å²) < 4.78 is 68.1. The van der Waals surface area contributed by atoms with Crippen molar-refractivity contribution in [2.24, 2.45) is 0 Å². The summed E-state index contributed by atoms with van der Waals surface area (Å²) in [5.74, 6) is -4.37. The second-order valence-corrected chi connectivity index (χ2v) is 5.81. The summed E-state index contributed by atoms with van der Waals surface area (Å²) in [6, 6.07) is 0. The molecule has 0 radical (unpaired) electrons. The highest BCUT2D eigenvalue weighted by Gasteiger charge is 2.54. The first-order valence-electron chi connectivity index (χ1n) is 5.29. The van der Waals surface area contributed by atoms with Crippen LogP contribution in [0.15, 0.2) is 0 Å². The number of rotatable bonds is 5. The average Bonchev–Trinajstić information content (AvgIpc) is 2.50. The Kier molecular flexibility index (Phi) is 4.36. The normalized spacial score (nSPS) is 22.4. The van der Waals surface area contributed by atoms with Crippen LogP contribution >= 0.6 is 0 Å². The van der Waals surface area contributed by atoms with Gasteiger partial charge in [-0.2, -0.15) is 17.2 Å². The summed E-state index contributed by atoms with van der Waals surface area (Å²) in [5, 5.41) is -5.07. The van der Waals surface area contributed by atoms with Crippen LogP contribution in [0.3, 0.4) is 0 Å². The second-order valence-electron chi connectivity index (χ2n) is 4.34. The molecular weight excluding hydrogens is 306 g/mol. The topological polar surface area (TPSA) is 116 Å². The molecule has 1 atom stereocenters. The molecule has 1 heterocycles. The summed E-state index contributed by atoms with van der Waals surface area (Å²) >= 11 is 0. The minimum atomic E-state index is -5.91. The van der Waals surface area contributed by atoms with E-state index >= 15 is 0 Å². The zero-order chi connectivity index (χ0) is 15.8. The minimum Gasteiger partial charge on any atom is -0.460 e. The van der Waals surface area contributed by atoms with E-state index in [0.717, 1.165) is 0 Å². The number of esters is 2. The molecule has 1 aliphatic rings. The summed E-state index contributed by atoms with van der Waals surface area (Å²) in [6.07, 6.45) is -1.41. The van der Waals surface area contributed by atoms with E-state index in [1.165, 1.54) is 13.8 Å². The van der Waals surface area contributed by atoms with Gasteiger partial charge in [-0.15, -0.1) is 0 Å². The number of hydrogen-bond acceptors (Lipinski definition) is 7. The standard InChI is InChI=1S/C9H12F2O8S/c1-8(2)18-5(6(12)19-8)3-4-17-7(13)9(10,11)20(14,15)16/h5H,3-4H2,1-2H3,(H,14,15,16). The highest BCUT2D eigenvalue weighted by molar-refractivity contribution is 7.87. The van der Waals surface area contributed by atoms with Crippen LogP contribution in [0.25, 0.3) is 0 Å². The van der Waals surface area contributed by atoms with E-state index in [1.807, 2.05) is 0 Å². The molecule has 1 saturated heterocycles. The maximum atomic E-state index is 12.8. The highest BCUT2D eigenvalue weighted by Crippen LogP contribution is 2.26. The minimum absolute atomic E-state index is 0.296. The predicted octanol–water partition coefficient (Wildman–Crippen LogP) is 0.0784. The van der Waals surface area contributed by atoms with Crippen molar-refractivity contribution in [3.63, 3.8) is 0 Å². The van der Waals surface area contributed by atoms with Crippen molar-refractivity contribution < 1.29 is 45.6 Å². The lowest BCUT2D eigenvalue weighted by atomic mass is 10.3. The van der Waals surface area contributed by atoms with Gasteiger partial charge in [0.05, 0.1) is 6.61 Å². The van der Waals surface area contributed by atoms with E-state index in [0.29, 0.717) is 0 Å². The zero-order valence-corrected chi connectivity index (χ0v) is 11.3. The van der Waals surface area contributed by atoms with Crippen molar-refractivity contribution in [2.75, 3.05) is 6.61 Å². The van der Waals surface area contributed by atoms with Crippen LogP contribution in [0.4, 0.5) is 8.78 Å². The molecule has 116 valence electrons. The third kappa shape index (κ3) is 3.61. The number of alkyl halides is 2. The van der Waals surface area contributed by atoms with Crippen LogP contribution < -0.4 is 0 Å². The Morgan fingerprint density at radius 3 is 2.45 bits per heavy atom. The quantitative estimate of drug-likeness (QED) is 0.559. The summed E-state index contributed by atoms with van der Waals surface area (Å²) in [4.78, 5) is 22.1. The summed E-state index contributed by atoms with van der Waals surface area (Å²) in [7, 11) is -5.91. The molecule has 1 aliphatic heterocycles. The fourth-order valence-corrected chi connectivity index (χ4v) is 1.62. The van der Waals surface area contributed by atoms with E-state index in [2.05, 4.69) is 4.74 Å². The molecule has 0 aliphatic carbocycles. The number of cyclic esters (lactones) is 1. The van der Waals surface area contributed by atoms with Gasteiger partial charge in [0, 0.05) is 20.3 Å². The predicted molar refractivity (Wildman–Crippen MR) is 57.1 cm³/mol. The molecule has 0 spiro atoms. The molecular formula is C9H12F2O8S. The Morgan fingerprint density at radius 2 is 2.05 bits per heavy atom. The molecule has 0 saturated carbocycles. The zero-order valence-electron chi connectivity index (χ0n) is 10.5. The fourth-order valence-electron chi connectivity index (χ4n) is 1.35. The van der Waals surface area contributed by atoms with Gasteiger partial charge in [-0.05, 0) is 0 Å². The first kappa shape index (κ1) is 16.7. The Morgan fingerprint density at radius 1 is 1.50 bits per heavy atom. The first-order chi connectivity index (χ1) is 8.87. The van der Waals surface area contributed by atoms with Crippen molar-refractivity contribution in [3.05, 3.63) is 0 Å². The van der Waals surface area contributed by atoms with Gasteiger partial charge in [0.25, 0.3) is 0 Å². The van der Waals surface area contributed by atoms with Crippen LogP contribution in [0.2, 0.25) is 0 Å². The maximum Gasteiger partial charge on any atom is 0.465 e. The van der Waals surface area contributed by atoms with Gasteiger partial charge in [0.1, 0.15) is 0 Å². The molecule has 0 aromatic rings. The monoisotopic (exact) mass is 318 g/mol. The number of carbonyl (C=O) groups is 2. The third-order valence-electron chi connectivity index (χ3n) is 2.21. The summed E-state index contributed by atoms with van der Waals surface area (Å²) in [5.41, 5.74) is 0. The van der Waals surface area contributed by atoms with Crippen LogP contribution in [-0.4, -0.2) is 48.7 Å². The second kappa shape index (κ2) is 5.22. The van der Waals surface area contributed by atoms with Gasteiger partial charge in [0.15, 0.2) is 6.10 Å². The number of hydrogen-bond donors (Lipinski definition) is 1. The number of ether oxygens (including phenoxy) is 3.